The highest BCUT2D eigenvalue weighted by Crippen LogP contribution is 2.35. The number of allylic oxidation sites excluding steroid dienone is 1. The number of phenolic OH excluding ortho intramolecular Hbond substituents is 1. The molecule has 2 aromatic rings. The highest BCUT2D eigenvalue weighted by molar-refractivity contribution is 5.49. The molecule has 1 heterocycles. The predicted molar refractivity (Wildman–Crippen MR) is 108 cm³/mol. The van der Waals surface area contributed by atoms with Crippen LogP contribution in [0, 0.1) is 0 Å². The van der Waals surface area contributed by atoms with Crippen LogP contribution in [0.2, 0.25) is 0 Å². The molecule has 0 saturated carbocycles. The topological polar surface area (TPSA) is 54.0 Å². The summed E-state index contributed by atoms with van der Waals surface area (Å²) >= 11 is 0. The number of methoxy groups -OCH3 is 2. The van der Waals surface area contributed by atoms with Crippen LogP contribution in [0.15, 0.2) is 49.1 Å². The number of para-hydroxylation sites is 1. The van der Waals surface area contributed by atoms with Crippen molar-refractivity contribution >= 4 is 0 Å². The van der Waals surface area contributed by atoms with Gasteiger partial charge in [-0.25, -0.2) is 0 Å². The highest BCUT2D eigenvalue weighted by Gasteiger charge is 2.26. The van der Waals surface area contributed by atoms with E-state index in [2.05, 4.69) is 28.9 Å². The van der Waals surface area contributed by atoms with Gasteiger partial charge >= 0.3 is 0 Å². The van der Waals surface area contributed by atoms with E-state index in [-0.39, 0.29) is 11.8 Å². The molecule has 144 valence electrons. The molecule has 0 radical (unpaired) electrons. The van der Waals surface area contributed by atoms with Crippen LogP contribution in [0.3, 0.4) is 0 Å². The summed E-state index contributed by atoms with van der Waals surface area (Å²) in [7, 11) is 3.30. The standard InChI is InChI=1S/C22H28N2O3/c1-4-7-17-12-16(13-21(27-3)22(17)25)15-24-11-10-23-14-19(24)18-8-5-6-9-20(18)26-2/h4-6,8-9,12-13,19,23,25H,1,7,10-11,14-15H2,2-3H3. The van der Waals surface area contributed by atoms with Crippen molar-refractivity contribution < 1.29 is 14.6 Å². The monoisotopic (exact) mass is 368 g/mol. The second-order valence-corrected chi connectivity index (χ2v) is 6.73. The summed E-state index contributed by atoms with van der Waals surface area (Å²) in [6.07, 6.45) is 2.40. The second kappa shape index (κ2) is 8.93. The maximum atomic E-state index is 10.3. The second-order valence-electron chi connectivity index (χ2n) is 6.73. The van der Waals surface area contributed by atoms with E-state index in [4.69, 9.17) is 9.47 Å². The van der Waals surface area contributed by atoms with Gasteiger partial charge in [0.15, 0.2) is 11.5 Å². The molecular formula is C22H28N2O3. The Morgan fingerprint density at radius 1 is 1.22 bits per heavy atom. The number of nitrogens with zero attached hydrogens (tertiary/aromatic N) is 1. The van der Waals surface area contributed by atoms with Crippen molar-refractivity contribution in [1.29, 1.82) is 0 Å². The van der Waals surface area contributed by atoms with Crippen molar-refractivity contribution in [1.82, 2.24) is 10.2 Å². The number of hydrogen-bond donors (Lipinski definition) is 2. The first-order valence-electron chi connectivity index (χ1n) is 9.25. The van der Waals surface area contributed by atoms with E-state index in [1.54, 1.807) is 20.3 Å². The summed E-state index contributed by atoms with van der Waals surface area (Å²) in [5.74, 6) is 1.61. The van der Waals surface area contributed by atoms with Crippen LogP contribution in [0.5, 0.6) is 17.2 Å². The summed E-state index contributed by atoms with van der Waals surface area (Å²) in [6, 6.07) is 12.4. The molecule has 1 saturated heterocycles. The lowest BCUT2D eigenvalue weighted by Crippen LogP contribution is -2.45. The summed E-state index contributed by atoms with van der Waals surface area (Å²) in [4.78, 5) is 2.44. The zero-order valence-corrected chi connectivity index (χ0v) is 16.1. The molecule has 27 heavy (non-hydrogen) atoms. The predicted octanol–water partition coefficient (Wildman–Crippen LogP) is 3.28. The third kappa shape index (κ3) is 4.26. The van der Waals surface area contributed by atoms with Gasteiger partial charge in [0.25, 0.3) is 0 Å². The Morgan fingerprint density at radius 2 is 2.00 bits per heavy atom. The minimum absolute atomic E-state index is 0.197. The van der Waals surface area contributed by atoms with Gasteiger partial charge in [0.05, 0.1) is 20.3 Å². The molecule has 0 amide bonds. The van der Waals surface area contributed by atoms with E-state index in [9.17, 15) is 5.11 Å². The van der Waals surface area contributed by atoms with Gasteiger partial charge in [-0.05, 0) is 24.1 Å². The average molecular weight is 368 g/mol. The lowest BCUT2D eigenvalue weighted by Gasteiger charge is -2.37. The Labute approximate surface area is 161 Å². The molecule has 0 bridgehead atoms. The zero-order chi connectivity index (χ0) is 19.2. The van der Waals surface area contributed by atoms with E-state index in [0.29, 0.717) is 12.2 Å². The minimum Gasteiger partial charge on any atom is -0.504 e. The van der Waals surface area contributed by atoms with Gasteiger partial charge in [-0.15, -0.1) is 6.58 Å². The van der Waals surface area contributed by atoms with Crippen LogP contribution in [0.25, 0.3) is 0 Å². The Kier molecular flexibility index (Phi) is 6.37. The fourth-order valence-electron chi connectivity index (χ4n) is 3.71. The van der Waals surface area contributed by atoms with Gasteiger partial charge in [-0.1, -0.05) is 30.3 Å². The van der Waals surface area contributed by atoms with Crippen molar-refractivity contribution in [2.75, 3.05) is 33.9 Å². The summed E-state index contributed by atoms with van der Waals surface area (Å²) in [6.45, 7) is 7.30. The Balaban J connectivity index is 1.90. The van der Waals surface area contributed by atoms with Crippen molar-refractivity contribution in [3.63, 3.8) is 0 Å². The molecule has 0 spiro atoms. The maximum Gasteiger partial charge on any atom is 0.161 e. The summed E-state index contributed by atoms with van der Waals surface area (Å²) in [5, 5.41) is 13.8. The van der Waals surface area contributed by atoms with Gasteiger partial charge in [-0.3, -0.25) is 4.90 Å². The molecule has 0 aliphatic carbocycles. The van der Waals surface area contributed by atoms with Crippen LogP contribution in [-0.4, -0.2) is 43.9 Å². The molecule has 1 aliphatic rings. The van der Waals surface area contributed by atoms with Crippen LogP contribution in [0.1, 0.15) is 22.7 Å². The van der Waals surface area contributed by atoms with Gasteiger partial charge in [0.2, 0.25) is 0 Å². The molecule has 1 atom stereocenters. The van der Waals surface area contributed by atoms with E-state index >= 15 is 0 Å². The Morgan fingerprint density at radius 3 is 2.74 bits per heavy atom. The van der Waals surface area contributed by atoms with Crippen LogP contribution in [0.4, 0.5) is 0 Å². The Bertz CT molecular complexity index is 791. The van der Waals surface area contributed by atoms with Crippen LogP contribution >= 0.6 is 0 Å². The molecule has 1 fully saturated rings. The first-order chi connectivity index (χ1) is 13.2. The number of aromatic hydroxyl groups is 1. The lowest BCUT2D eigenvalue weighted by atomic mass is 10.00. The molecule has 1 aliphatic heterocycles. The molecule has 3 rings (SSSR count). The smallest absolute Gasteiger partial charge is 0.161 e. The quantitative estimate of drug-likeness (QED) is 0.735. The number of phenols is 1. The molecule has 2 N–H and O–H groups in total. The molecule has 2 aromatic carbocycles. The van der Waals surface area contributed by atoms with Gasteiger partial charge in [0.1, 0.15) is 5.75 Å². The third-order valence-corrected chi connectivity index (χ3v) is 5.04. The number of nitrogens with one attached hydrogen (secondary N) is 1. The number of ether oxygens (including phenoxy) is 2. The van der Waals surface area contributed by atoms with Gasteiger partial charge in [0, 0.05) is 37.3 Å². The van der Waals surface area contributed by atoms with E-state index in [1.807, 2.05) is 24.3 Å². The van der Waals surface area contributed by atoms with Crippen molar-refractivity contribution in [2.45, 2.75) is 19.0 Å². The first-order valence-corrected chi connectivity index (χ1v) is 9.25. The Hall–Kier alpha value is -2.50. The SMILES string of the molecule is C=CCc1cc(CN2CCNCC2c2ccccc2OC)cc(OC)c1O. The van der Waals surface area contributed by atoms with Crippen molar-refractivity contribution in [3.05, 3.63) is 65.7 Å². The van der Waals surface area contributed by atoms with Gasteiger partial charge in [-0.2, -0.15) is 0 Å². The third-order valence-electron chi connectivity index (χ3n) is 5.04. The molecule has 5 heteroatoms. The number of piperazine rings is 1. The van der Waals surface area contributed by atoms with Crippen molar-refractivity contribution in [2.24, 2.45) is 0 Å². The molecule has 1 unspecified atom stereocenters. The van der Waals surface area contributed by atoms with E-state index in [1.165, 1.54) is 5.56 Å². The van der Waals surface area contributed by atoms with Crippen LogP contribution in [-0.2, 0) is 13.0 Å². The summed E-state index contributed by atoms with van der Waals surface area (Å²) in [5.41, 5.74) is 3.14. The van der Waals surface area contributed by atoms with Gasteiger partial charge < -0.3 is 19.9 Å². The molecular weight excluding hydrogens is 340 g/mol. The van der Waals surface area contributed by atoms with Crippen LogP contribution < -0.4 is 14.8 Å². The van der Waals surface area contributed by atoms with E-state index in [0.717, 1.165) is 43.1 Å². The average Bonchev–Trinajstić information content (AvgIpc) is 2.71. The normalized spacial score (nSPS) is 17.5. The van der Waals surface area contributed by atoms with Crippen molar-refractivity contribution in [3.8, 4) is 17.2 Å². The zero-order valence-electron chi connectivity index (χ0n) is 16.1. The largest absolute Gasteiger partial charge is 0.504 e. The number of hydrogen-bond acceptors (Lipinski definition) is 5. The number of rotatable bonds is 7. The lowest BCUT2D eigenvalue weighted by molar-refractivity contribution is 0.151. The molecule has 5 nitrogen and oxygen atoms in total. The number of benzene rings is 2. The minimum atomic E-state index is 0.197. The molecule has 0 aromatic heterocycles. The fraction of sp³-hybridized carbons (Fsp3) is 0.364. The maximum absolute atomic E-state index is 10.3. The fourth-order valence-corrected chi connectivity index (χ4v) is 3.71. The van der Waals surface area contributed by atoms with E-state index < -0.39 is 0 Å². The highest BCUT2D eigenvalue weighted by atomic mass is 16.5. The first kappa shape index (κ1) is 19.3. The summed E-state index contributed by atoms with van der Waals surface area (Å²) < 4.78 is 11.0.